The van der Waals surface area contributed by atoms with Crippen molar-refractivity contribution in [1.29, 1.82) is 0 Å². The van der Waals surface area contributed by atoms with E-state index in [0.717, 1.165) is 46.1 Å². The number of furan rings is 1. The number of rotatable bonds is 10. The van der Waals surface area contributed by atoms with E-state index in [-0.39, 0.29) is 18.7 Å². The van der Waals surface area contributed by atoms with Crippen LogP contribution in [0.25, 0.3) is 21.9 Å². The van der Waals surface area contributed by atoms with E-state index in [1.165, 1.54) is 5.56 Å². The molecular weight excluding hydrogens is 494 g/mol. The zero-order valence-corrected chi connectivity index (χ0v) is 22.9. The third-order valence-electron chi connectivity index (χ3n) is 6.73. The van der Waals surface area contributed by atoms with Gasteiger partial charge in [-0.05, 0) is 81.5 Å². The minimum atomic E-state index is -0.648. The van der Waals surface area contributed by atoms with Gasteiger partial charge in [-0.3, -0.25) is 4.79 Å². The highest BCUT2D eigenvalue weighted by molar-refractivity contribution is 6.05. The third-order valence-corrected chi connectivity index (χ3v) is 6.73. The molecule has 0 bridgehead atoms. The number of hydrogen-bond acceptors (Lipinski definition) is 7. The Labute approximate surface area is 229 Å². The van der Waals surface area contributed by atoms with Crippen LogP contribution in [0.5, 0.6) is 11.5 Å². The van der Waals surface area contributed by atoms with Crippen LogP contribution in [0.15, 0.2) is 65.1 Å². The van der Waals surface area contributed by atoms with E-state index in [0.29, 0.717) is 31.7 Å². The lowest BCUT2D eigenvalue weighted by atomic mass is 9.98. The Balaban J connectivity index is 1.04. The Bertz CT molecular complexity index is 1440. The van der Waals surface area contributed by atoms with Gasteiger partial charge in [-0.2, -0.15) is 0 Å². The van der Waals surface area contributed by atoms with Crippen LogP contribution in [0.4, 0.5) is 0 Å². The minimum absolute atomic E-state index is 0.0370. The maximum absolute atomic E-state index is 12.0. The molecule has 39 heavy (non-hydrogen) atoms. The van der Waals surface area contributed by atoms with Gasteiger partial charge in [0.15, 0.2) is 0 Å². The van der Waals surface area contributed by atoms with Crippen molar-refractivity contribution in [3.05, 3.63) is 71.8 Å². The predicted molar refractivity (Wildman–Crippen MR) is 151 cm³/mol. The summed E-state index contributed by atoms with van der Waals surface area (Å²) < 4.78 is 23.3. The smallest absolute Gasteiger partial charge is 0.306 e. The van der Waals surface area contributed by atoms with Crippen LogP contribution in [0, 0.1) is 0 Å². The van der Waals surface area contributed by atoms with E-state index in [1.54, 1.807) is 0 Å². The van der Waals surface area contributed by atoms with Gasteiger partial charge in [0, 0.05) is 30.3 Å². The van der Waals surface area contributed by atoms with E-state index in [9.17, 15) is 9.90 Å². The summed E-state index contributed by atoms with van der Waals surface area (Å²) in [5.74, 6) is 1.41. The quantitative estimate of drug-likeness (QED) is 0.258. The monoisotopic (exact) mass is 531 g/mol. The summed E-state index contributed by atoms with van der Waals surface area (Å²) in [6.07, 6.45) is 2.21. The van der Waals surface area contributed by atoms with Crippen molar-refractivity contribution in [1.82, 2.24) is 5.32 Å². The topological polar surface area (TPSA) is 90.2 Å². The highest BCUT2D eigenvalue weighted by Gasteiger charge is 2.21. The SMILES string of the molecule is CC(C)(C)OC(=O)CCc1ccc2c(c1)CCC(CNCC(O)COc1ccc3oc4ccccc4c3c1)O2. The molecule has 0 spiro atoms. The van der Waals surface area contributed by atoms with Gasteiger partial charge in [0.1, 0.15) is 47.1 Å². The van der Waals surface area contributed by atoms with Crippen LogP contribution in [0.1, 0.15) is 44.7 Å². The van der Waals surface area contributed by atoms with Gasteiger partial charge < -0.3 is 29.1 Å². The number of benzene rings is 3. The van der Waals surface area contributed by atoms with E-state index in [4.69, 9.17) is 18.6 Å². The average molecular weight is 532 g/mol. The fourth-order valence-corrected chi connectivity index (χ4v) is 4.89. The van der Waals surface area contributed by atoms with Crippen molar-refractivity contribution in [3.63, 3.8) is 0 Å². The molecule has 2 heterocycles. The lowest BCUT2D eigenvalue weighted by Gasteiger charge is -2.27. The molecule has 2 atom stereocenters. The zero-order valence-electron chi connectivity index (χ0n) is 22.9. The van der Waals surface area contributed by atoms with E-state index < -0.39 is 11.7 Å². The molecule has 0 amide bonds. The number of aryl methyl sites for hydroxylation is 2. The van der Waals surface area contributed by atoms with Crippen molar-refractivity contribution in [2.45, 2.75) is 64.3 Å². The van der Waals surface area contributed by atoms with Crippen LogP contribution in [0.3, 0.4) is 0 Å². The number of carbonyl (C=O) groups is 1. The number of fused-ring (bicyclic) bond motifs is 4. The second kappa shape index (κ2) is 11.7. The molecule has 7 heteroatoms. The molecule has 7 nitrogen and oxygen atoms in total. The van der Waals surface area contributed by atoms with Crippen LogP contribution in [0.2, 0.25) is 0 Å². The van der Waals surface area contributed by atoms with Gasteiger partial charge >= 0.3 is 5.97 Å². The fourth-order valence-electron chi connectivity index (χ4n) is 4.89. The molecule has 1 aliphatic rings. The molecule has 4 aromatic rings. The molecule has 206 valence electrons. The minimum Gasteiger partial charge on any atom is -0.491 e. The molecule has 0 fully saturated rings. The number of carbonyl (C=O) groups excluding carboxylic acids is 1. The maximum Gasteiger partial charge on any atom is 0.306 e. The second-order valence-electron chi connectivity index (χ2n) is 11.2. The number of ether oxygens (including phenoxy) is 3. The summed E-state index contributed by atoms with van der Waals surface area (Å²) >= 11 is 0. The van der Waals surface area contributed by atoms with Crippen molar-refractivity contribution in [2.24, 2.45) is 0 Å². The second-order valence-corrected chi connectivity index (χ2v) is 11.2. The molecule has 0 radical (unpaired) electrons. The number of aliphatic hydroxyl groups excluding tert-OH is 1. The standard InChI is InChI=1S/C32H37NO6/c1-32(2,3)39-31(35)15-9-21-8-13-28-22(16-21)10-11-25(37-28)19-33-18-23(34)20-36-24-12-14-30-27(17-24)26-6-4-5-7-29(26)38-30/h4-8,12-14,16-17,23,25,33-34H,9-11,15,18-20H2,1-3H3. The molecule has 1 aromatic heterocycles. The number of aliphatic hydroxyl groups is 1. The Hall–Kier alpha value is -3.55. The van der Waals surface area contributed by atoms with Crippen LogP contribution in [-0.4, -0.2) is 48.6 Å². The molecular formula is C32H37NO6. The molecule has 3 aromatic carbocycles. The van der Waals surface area contributed by atoms with Crippen LogP contribution >= 0.6 is 0 Å². The largest absolute Gasteiger partial charge is 0.491 e. The number of esters is 1. The van der Waals surface area contributed by atoms with Gasteiger partial charge in [0.25, 0.3) is 0 Å². The first-order valence-corrected chi connectivity index (χ1v) is 13.7. The number of hydrogen-bond donors (Lipinski definition) is 2. The Morgan fingerprint density at radius 2 is 1.90 bits per heavy atom. The molecule has 0 saturated carbocycles. The highest BCUT2D eigenvalue weighted by Crippen LogP contribution is 2.31. The molecule has 5 rings (SSSR count). The summed E-state index contributed by atoms with van der Waals surface area (Å²) in [5, 5.41) is 15.8. The Morgan fingerprint density at radius 1 is 1.08 bits per heavy atom. The lowest BCUT2D eigenvalue weighted by molar-refractivity contribution is -0.154. The molecule has 1 aliphatic heterocycles. The fraction of sp³-hybridized carbons (Fsp3) is 0.406. The average Bonchev–Trinajstić information content (AvgIpc) is 3.28. The first-order valence-electron chi connectivity index (χ1n) is 13.7. The number of para-hydroxylation sites is 1. The van der Waals surface area contributed by atoms with Crippen molar-refractivity contribution < 1.29 is 28.5 Å². The van der Waals surface area contributed by atoms with Crippen molar-refractivity contribution in [3.8, 4) is 11.5 Å². The Morgan fingerprint density at radius 3 is 2.74 bits per heavy atom. The van der Waals surface area contributed by atoms with Crippen LogP contribution in [-0.2, 0) is 22.4 Å². The molecule has 0 saturated heterocycles. The van der Waals surface area contributed by atoms with E-state index in [2.05, 4.69) is 11.4 Å². The highest BCUT2D eigenvalue weighted by atomic mass is 16.6. The van der Waals surface area contributed by atoms with Crippen molar-refractivity contribution >= 4 is 27.9 Å². The normalized spacial score (nSPS) is 16.1. The molecule has 0 aliphatic carbocycles. The van der Waals surface area contributed by atoms with Gasteiger partial charge in [-0.15, -0.1) is 0 Å². The predicted octanol–water partition coefficient (Wildman–Crippen LogP) is 5.58. The summed E-state index contributed by atoms with van der Waals surface area (Å²) in [4.78, 5) is 12.0. The van der Waals surface area contributed by atoms with Gasteiger partial charge in [0.05, 0.1) is 0 Å². The summed E-state index contributed by atoms with van der Waals surface area (Å²) in [5.41, 5.74) is 3.49. The molecule has 2 N–H and O–H groups in total. The third kappa shape index (κ3) is 7.11. The summed E-state index contributed by atoms with van der Waals surface area (Å²) in [6, 6.07) is 19.8. The van der Waals surface area contributed by atoms with E-state index >= 15 is 0 Å². The summed E-state index contributed by atoms with van der Waals surface area (Å²) in [6.45, 7) is 6.88. The number of nitrogens with one attached hydrogen (secondary N) is 1. The first kappa shape index (κ1) is 27.0. The first-order chi connectivity index (χ1) is 18.7. The van der Waals surface area contributed by atoms with E-state index in [1.807, 2.05) is 75.4 Å². The lowest BCUT2D eigenvalue weighted by Crippen LogP contribution is -2.39. The zero-order chi connectivity index (χ0) is 27.4. The maximum atomic E-state index is 12.0. The Kier molecular flexibility index (Phi) is 8.10. The van der Waals surface area contributed by atoms with Gasteiger partial charge in [0.2, 0.25) is 0 Å². The summed E-state index contributed by atoms with van der Waals surface area (Å²) in [7, 11) is 0. The van der Waals surface area contributed by atoms with Crippen molar-refractivity contribution in [2.75, 3.05) is 19.7 Å². The molecule has 2 unspecified atom stereocenters. The van der Waals surface area contributed by atoms with Crippen LogP contribution < -0.4 is 14.8 Å². The van der Waals surface area contributed by atoms with Gasteiger partial charge in [-0.1, -0.05) is 30.3 Å². The van der Waals surface area contributed by atoms with Gasteiger partial charge in [-0.25, -0.2) is 0 Å².